The fourth-order valence-electron chi connectivity index (χ4n) is 0.892. The molecular weight excluding hydrogens is 161 g/mol. The van der Waals surface area contributed by atoms with Crippen LogP contribution in [0.5, 0.6) is 0 Å². The fourth-order valence-corrected chi connectivity index (χ4v) is 1.69. The molecule has 0 atom stereocenters. The lowest BCUT2D eigenvalue weighted by Gasteiger charge is -2.20. The molecule has 0 unspecified atom stereocenters. The van der Waals surface area contributed by atoms with E-state index in [1.54, 1.807) is 11.4 Å². The second-order valence-corrected chi connectivity index (χ2v) is 4.06. The Hall–Kier alpha value is -0.410. The van der Waals surface area contributed by atoms with Gasteiger partial charge in [0.2, 0.25) is 0 Å². The van der Waals surface area contributed by atoms with Crippen LogP contribution in [0.15, 0.2) is 11.4 Å². The van der Waals surface area contributed by atoms with Crippen molar-refractivity contribution in [3.05, 3.63) is 22.1 Å². The van der Waals surface area contributed by atoms with E-state index in [0.717, 1.165) is 16.9 Å². The molecule has 0 aliphatic heterocycles. The average Bonchev–Trinajstić information content (AvgIpc) is 2.36. The summed E-state index contributed by atoms with van der Waals surface area (Å²) in [5, 5.41) is 1.64. The minimum atomic E-state index is -0.232. The minimum absolute atomic E-state index is 0.111. The number of rotatable bonds is 2. The molecule has 0 aromatic carbocycles. The van der Waals surface area contributed by atoms with Crippen LogP contribution in [0.2, 0.25) is 0 Å². The first-order valence-electron chi connectivity index (χ1n) is 3.51. The maximum absolute atomic E-state index is 13.0. The summed E-state index contributed by atoms with van der Waals surface area (Å²) in [6.07, 6.45) is 0. The first-order chi connectivity index (χ1) is 5.08. The van der Waals surface area contributed by atoms with Crippen molar-refractivity contribution in [1.82, 2.24) is 0 Å². The van der Waals surface area contributed by atoms with Gasteiger partial charge in [0.05, 0.1) is 0 Å². The van der Waals surface area contributed by atoms with Crippen LogP contribution >= 0.6 is 11.3 Å². The molecule has 0 saturated heterocycles. The van der Waals surface area contributed by atoms with Gasteiger partial charge in [-0.05, 0) is 11.4 Å². The first kappa shape index (κ1) is 8.68. The highest BCUT2D eigenvalue weighted by Crippen LogP contribution is 2.27. The molecule has 1 heterocycles. The van der Waals surface area contributed by atoms with Crippen molar-refractivity contribution in [2.24, 2.45) is 5.73 Å². The van der Waals surface area contributed by atoms with E-state index in [1.165, 1.54) is 0 Å². The molecule has 0 radical (unpaired) electrons. The van der Waals surface area contributed by atoms with E-state index in [0.29, 0.717) is 6.54 Å². The number of halogens is 1. The van der Waals surface area contributed by atoms with Crippen LogP contribution < -0.4 is 5.73 Å². The van der Waals surface area contributed by atoms with Gasteiger partial charge in [0.15, 0.2) is 5.13 Å². The third kappa shape index (κ3) is 1.60. The second-order valence-electron chi connectivity index (χ2n) is 3.20. The third-order valence-corrected chi connectivity index (χ3v) is 2.56. The van der Waals surface area contributed by atoms with E-state index in [9.17, 15) is 4.39 Å². The van der Waals surface area contributed by atoms with E-state index in [4.69, 9.17) is 5.73 Å². The van der Waals surface area contributed by atoms with Gasteiger partial charge in [0.25, 0.3) is 0 Å². The van der Waals surface area contributed by atoms with E-state index in [2.05, 4.69) is 0 Å². The molecule has 1 aromatic heterocycles. The lowest BCUT2D eigenvalue weighted by molar-refractivity contribution is 0.504. The molecule has 0 amide bonds. The summed E-state index contributed by atoms with van der Waals surface area (Å²) in [5.41, 5.74) is 6.00. The van der Waals surface area contributed by atoms with Crippen LogP contribution in [0, 0.1) is 5.13 Å². The molecule has 1 rings (SSSR count). The monoisotopic (exact) mass is 173 g/mol. The Bertz CT molecular complexity index is 242. The lowest BCUT2D eigenvalue weighted by atomic mass is 9.87. The average molecular weight is 173 g/mol. The molecule has 3 heteroatoms. The van der Waals surface area contributed by atoms with Crippen LogP contribution in [-0.4, -0.2) is 6.54 Å². The SMILES string of the molecule is CC(C)(CN)c1ccsc1F. The quantitative estimate of drug-likeness (QED) is 0.728. The number of hydrogen-bond donors (Lipinski definition) is 1. The van der Waals surface area contributed by atoms with Gasteiger partial charge in [-0.2, -0.15) is 4.39 Å². The standard InChI is InChI=1S/C8H12FNS/c1-8(2,5-10)6-3-4-11-7(6)9/h3-4H,5,10H2,1-2H3. The molecule has 0 spiro atoms. The number of thiophene rings is 1. The van der Waals surface area contributed by atoms with Crippen LogP contribution in [0.3, 0.4) is 0 Å². The van der Waals surface area contributed by atoms with E-state index < -0.39 is 0 Å². The summed E-state index contributed by atoms with van der Waals surface area (Å²) in [6.45, 7) is 4.36. The molecule has 11 heavy (non-hydrogen) atoms. The summed E-state index contributed by atoms with van der Waals surface area (Å²) < 4.78 is 13.0. The van der Waals surface area contributed by atoms with Crippen molar-refractivity contribution < 1.29 is 4.39 Å². The second kappa shape index (κ2) is 2.91. The van der Waals surface area contributed by atoms with Gasteiger partial charge < -0.3 is 5.73 Å². The number of hydrogen-bond acceptors (Lipinski definition) is 2. The summed E-state index contributed by atoms with van der Waals surface area (Å²) in [5.74, 6) is 0. The summed E-state index contributed by atoms with van der Waals surface area (Å²) >= 11 is 1.12. The summed E-state index contributed by atoms with van der Waals surface area (Å²) in [7, 11) is 0. The zero-order chi connectivity index (χ0) is 8.48. The van der Waals surface area contributed by atoms with Crippen molar-refractivity contribution in [3.8, 4) is 0 Å². The minimum Gasteiger partial charge on any atom is -0.330 e. The van der Waals surface area contributed by atoms with Crippen LogP contribution in [0.1, 0.15) is 19.4 Å². The summed E-state index contributed by atoms with van der Waals surface area (Å²) in [4.78, 5) is 0. The Balaban J connectivity index is 3.00. The Morgan fingerprint density at radius 1 is 1.64 bits per heavy atom. The van der Waals surface area contributed by atoms with Gasteiger partial charge in [-0.25, -0.2) is 0 Å². The van der Waals surface area contributed by atoms with Crippen molar-refractivity contribution in [3.63, 3.8) is 0 Å². The zero-order valence-corrected chi connectivity index (χ0v) is 7.54. The van der Waals surface area contributed by atoms with Gasteiger partial charge in [-0.3, -0.25) is 0 Å². The van der Waals surface area contributed by atoms with Crippen LogP contribution in [0.4, 0.5) is 4.39 Å². The Morgan fingerprint density at radius 3 is 2.64 bits per heavy atom. The van der Waals surface area contributed by atoms with E-state index in [1.807, 2.05) is 13.8 Å². The topological polar surface area (TPSA) is 26.0 Å². The highest BCUT2D eigenvalue weighted by Gasteiger charge is 2.22. The Labute approximate surface area is 70.0 Å². The molecule has 0 bridgehead atoms. The van der Waals surface area contributed by atoms with E-state index in [-0.39, 0.29) is 10.5 Å². The van der Waals surface area contributed by atoms with Crippen LogP contribution in [0.25, 0.3) is 0 Å². The molecule has 1 nitrogen and oxygen atoms in total. The van der Waals surface area contributed by atoms with Crippen molar-refractivity contribution in [2.45, 2.75) is 19.3 Å². The molecule has 0 aliphatic rings. The lowest BCUT2D eigenvalue weighted by Crippen LogP contribution is -2.28. The largest absolute Gasteiger partial charge is 0.330 e. The zero-order valence-electron chi connectivity index (χ0n) is 6.73. The van der Waals surface area contributed by atoms with E-state index >= 15 is 0 Å². The maximum Gasteiger partial charge on any atom is 0.180 e. The Kier molecular flexibility index (Phi) is 2.30. The van der Waals surface area contributed by atoms with Gasteiger partial charge in [0, 0.05) is 17.5 Å². The molecule has 1 aromatic rings. The summed E-state index contributed by atoms with van der Waals surface area (Å²) in [6, 6.07) is 1.80. The molecule has 0 fully saturated rings. The van der Waals surface area contributed by atoms with Crippen LogP contribution in [-0.2, 0) is 5.41 Å². The van der Waals surface area contributed by atoms with Gasteiger partial charge >= 0.3 is 0 Å². The van der Waals surface area contributed by atoms with Crippen molar-refractivity contribution >= 4 is 11.3 Å². The smallest absolute Gasteiger partial charge is 0.180 e. The Morgan fingerprint density at radius 2 is 2.27 bits per heavy atom. The molecule has 0 aliphatic carbocycles. The third-order valence-electron chi connectivity index (χ3n) is 1.86. The first-order valence-corrected chi connectivity index (χ1v) is 4.39. The predicted octanol–water partition coefficient (Wildman–Crippen LogP) is 2.12. The fraction of sp³-hybridized carbons (Fsp3) is 0.500. The van der Waals surface area contributed by atoms with Gasteiger partial charge in [-0.1, -0.05) is 13.8 Å². The normalized spacial score (nSPS) is 12.0. The predicted molar refractivity (Wildman–Crippen MR) is 46.4 cm³/mol. The highest BCUT2D eigenvalue weighted by atomic mass is 32.1. The van der Waals surface area contributed by atoms with Crippen molar-refractivity contribution in [1.29, 1.82) is 0 Å². The van der Waals surface area contributed by atoms with Gasteiger partial charge in [-0.15, -0.1) is 11.3 Å². The molecule has 62 valence electrons. The highest BCUT2D eigenvalue weighted by molar-refractivity contribution is 7.08. The van der Waals surface area contributed by atoms with Crippen molar-refractivity contribution in [2.75, 3.05) is 6.54 Å². The molecule has 2 N–H and O–H groups in total. The molecule has 0 saturated carbocycles. The maximum atomic E-state index is 13.0. The molecular formula is C8H12FNS. The number of nitrogens with two attached hydrogens (primary N) is 1. The van der Waals surface area contributed by atoms with Gasteiger partial charge in [0.1, 0.15) is 0 Å².